The molecular weight excluding hydrogens is 454 g/mol. The van der Waals surface area contributed by atoms with Gasteiger partial charge in [-0.2, -0.15) is 0 Å². The molecule has 0 saturated carbocycles. The first kappa shape index (κ1) is 26.6. The lowest BCUT2D eigenvalue weighted by atomic mass is 9.97. The van der Waals surface area contributed by atoms with E-state index >= 15 is 0 Å². The van der Waals surface area contributed by atoms with Gasteiger partial charge < -0.3 is 10.1 Å². The summed E-state index contributed by atoms with van der Waals surface area (Å²) in [4.78, 5) is 43.4. The number of carbonyl (C=O) groups excluding carboxylic acids is 3. The molecule has 7 nitrogen and oxygen atoms in total. The lowest BCUT2D eigenvalue weighted by Gasteiger charge is -2.23. The summed E-state index contributed by atoms with van der Waals surface area (Å²) in [5.74, 6) is -0.426. The summed E-state index contributed by atoms with van der Waals surface area (Å²) in [7, 11) is 0. The quantitative estimate of drug-likeness (QED) is 0.348. The molecule has 36 heavy (non-hydrogen) atoms. The number of benzene rings is 2. The van der Waals surface area contributed by atoms with Gasteiger partial charge in [-0.05, 0) is 48.4 Å². The average Bonchev–Trinajstić information content (AvgIpc) is 2.93. The number of carbonyl (C=O) groups is 3. The fraction of sp³-hybridized carbons (Fsp3) is 0.310. The van der Waals surface area contributed by atoms with Crippen LogP contribution in [0.5, 0.6) is 0 Å². The van der Waals surface area contributed by atoms with Gasteiger partial charge in [-0.3, -0.25) is 19.5 Å². The van der Waals surface area contributed by atoms with Gasteiger partial charge in [-0.15, -0.1) is 0 Å². The van der Waals surface area contributed by atoms with Crippen LogP contribution < -0.4 is 5.32 Å². The Morgan fingerprint density at radius 1 is 0.917 bits per heavy atom. The zero-order valence-corrected chi connectivity index (χ0v) is 20.6. The van der Waals surface area contributed by atoms with Crippen LogP contribution in [0.15, 0.2) is 85.1 Å². The zero-order valence-electron chi connectivity index (χ0n) is 20.6. The van der Waals surface area contributed by atoms with E-state index in [4.69, 9.17) is 4.74 Å². The molecule has 0 fully saturated rings. The predicted molar refractivity (Wildman–Crippen MR) is 138 cm³/mol. The molecule has 1 atom stereocenters. The number of aromatic nitrogens is 1. The monoisotopic (exact) mass is 487 g/mol. The van der Waals surface area contributed by atoms with E-state index in [1.165, 1.54) is 10.5 Å². The van der Waals surface area contributed by atoms with Crippen LogP contribution in [0, 0.1) is 0 Å². The maximum atomic E-state index is 13.1. The molecule has 2 aromatic carbocycles. The molecule has 188 valence electrons. The molecular formula is C29H33N3O4. The minimum absolute atomic E-state index is 0.198. The largest absolute Gasteiger partial charge is 0.445 e. The number of hydrogen-bond donors (Lipinski definition) is 1. The molecule has 0 aliphatic rings. The van der Waals surface area contributed by atoms with Crippen molar-refractivity contribution in [1.82, 2.24) is 15.2 Å². The van der Waals surface area contributed by atoms with Crippen molar-refractivity contribution in [3.63, 3.8) is 0 Å². The SMILES string of the molecule is CC(CCN(C(=O)CCCCNC(=O)OCc1ccccc1)C(=O)c1ccccn1)c1ccccc1. The Kier molecular flexibility index (Phi) is 10.6. The average molecular weight is 488 g/mol. The lowest BCUT2D eigenvalue weighted by Crippen LogP contribution is -2.38. The van der Waals surface area contributed by atoms with Gasteiger partial charge >= 0.3 is 6.09 Å². The van der Waals surface area contributed by atoms with Gasteiger partial charge in [0.2, 0.25) is 5.91 Å². The highest BCUT2D eigenvalue weighted by Crippen LogP contribution is 2.20. The van der Waals surface area contributed by atoms with Gasteiger partial charge in [0.05, 0.1) is 0 Å². The molecule has 0 saturated heterocycles. The van der Waals surface area contributed by atoms with Gasteiger partial charge in [0, 0.05) is 25.7 Å². The third-order valence-electron chi connectivity index (χ3n) is 5.88. The number of rotatable bonds is 12. The summed E-state index contributed by atoms with van der Waals surface area (Å²) in [5, 5.41) is 2.70. The van der Waals surface area contributed by atoms with Crippen LogP contribution in [-0.4, -0.2) is 40.9 Å². The highest BCUT2D eigenvalue weighted by molar-refractivity contribution is 6.03. The molecule has 0 radical (unpaired) electrons. The number of nitrogens with one attached hydrogen (secondary N) is 1. The van der Waals surface area contributed by atoms with Crippen LogP contribution in [0.3, 0.4) is 0 Å². The number of alkyl carbamates (subject to hydrolysis) is 1. The molecule has 0 aliphatic heterocycles. The van der Waals surface area contributed by atoms with Crippen molar-refractivity contribution < 1.29 is 19.1 Å². The lowest BCUT2D eigenvalue weighted by molar-refractivity contribution is -0.128. The van der Waals surface area contributed by atoms with E-state index in [1.807, 2.05) is 48.5 Å². The molecule has 1 heterocycles. The van der Waals surface area contributed by atoms with Crippen molar-refractivity contribution in [3.8, 4) is 0 Å². The molecule has 1 unspecified atom stereocenters. The second-order valence-electron chi connectivity index (χ2n) is 8.61. The standard InChI is InChI=1S/C29H33N3O4/c1-23(25-14-6-3-7-15-25)18-21-32(28(34)26-16-8-10-19-30-26)27(33)17-9-11-20-31-29(35)36-22-24-12-4-2-5-13-24/h2-8,10,12-16,19,23H,9,11,17-18,20-22H2,1H3,(H,31,35). The summed E-state index contributed by atoms with van der Waals surface area (Å²) in [6, 6.07) is 24.6. The van der Waals surface area contributed by atoms with Gasteiger partial charge in [0.1, 0.15) is 12.3 Å². The molecule has 0 bridgehead atoms. The normalized spacial score (nSPS) is 11.4. The highest BCUT2D eigenvalue weighted by Gasteiger charge is 2.24. The second-order valence-corrected chi connectivity index (χ2v) is 8.61. The van der Waals surface area contributed by atoms with Crippen LogP contribution in [0.4, 0.5) is 4.79 Å². The summed E-state index contributed by atoms with van der Waals surface area (Å²) >= 11 is 0. The van der Waals surface area contributed by atoms with E-state index in [2.05, 4.69) is 29.4 Å². The van der Waals surface area contributed by atoms with Gasteiger partial charge in [0.15, 0.2) is 0 Å². The van der Waals surface area contributed by atoms with E-state index in [0.29, 0.717) is 32.4 Å². The molecule has 3 aromatic rings. The van der Waals surface area contributed by atoms with E-state index in [9.17, 15) is 14.4 Å². The highest BCUT2D eigenvalue weighted by atomic mass is 16.5. The Labute approximate surface area is 212 Å². The third kappa shape index (κ3) is 8.65. The fourth-order valence-electron chi connectivity index (χ4n) is 3.74. The van der Waals surface area contributed by atoms with Crippen molar-refractivity contribution in [2.45, 2.75) is 45.1 Å². The zero-order chi connectivity index (χ0) is 25.6. The van der Waals surface area contributed by atoms with E-state index < -0.39 is 6.09 Å². The maximum Gasteiger partial charge on any atom is 0.407 e. The third-order valence-corrected chi connectivity index (χ3v) is 5.88. The summed E-state index contributed by atoms with van der Waals surface area (Å²) in [5.41, 5.74) is 2.33. The van der Waals surface area contributed by atoms with Crippen molar-refractivity contribution in [2.24, 2.45) is 0 Å². The number of ether oxygens (including phenoxy) is 1. The smallest absolute Gasteiger partial charge is 0.407 e. The molecule has 1 N–H and O–H groups in total. The van der Waals surface area contributed by atoms with Crippen molar-refractivity contribution in [3.05, 3.63) is 102 Å². The number of pyridine rings is 1. The van der Waals surface area contributed by atoms with Crippen LogP contribution in [0.25, 0.3) is 0 Å². The fourth-order valence-corrected chi connectivity index (χ4v) is 3.74. The molecule has 3 rings (SSSR count). The number of imide groups is 1. The summed E-state index contributed by atoms with van der Waals surface area (Å²) < 4.78 is 5.19. The molecule has 1 aromatic heterocycles. The number of unbranched alkanes of at least 4 members (excludes halogenated alkanes) is 1. The number of nitrogens with zero attached hydrogens (tertiary/aromatic N) is 2. The van der Waals surface area contributed by atoms with Gasteiger partial charge in [0.25, 0.3) is 5.91 Å². The van der Waals surface area contributed by atoms with Crippen molar-refractivity contribution >= 4 is 17.9 Å². The van der Waals surface area contributed by atoms with Gasteiger partial charge in [-0.25, -0.2) is 4.79 Å². The molecule has 0 spiro atoms. The molecule has 3 amide bonds. The van der Waals surface area contributed by atoms with Crippen LogP contribution in [0.1, 0.15) is 60.1 Å². The molecule has 7 heteroatoms. The topological polar surface area (TPSA) is 88.6 Å². The summed E-state index contributed by atoms with van der Waals surface area (Å²) in [6.45, 7) is 3.00. The first-order chi connectivity index (χ1) is 17.5. The Morgan fingerprint density at radius 3 is 2.31 bits per heavy atom. The first-order valence-corrected chi connectivity index (χ1v) is 12.3. The van der Waals surface area contributed by atoms with Crippen molar-refractivity contribution in [2.75, 3.05) is 13.1 Å². The minimum atomic E-state index is -0.493. The van der Waals surface area contributed by atoms with Crippen LogP contribution >= 0.6 is 0 Å². The van der Waals surface area contributed by atoms with Crippen LogP contribution in [-0.2, 0) is 16.1 Å². The molecule has 0 aliphatic carbocycles. The predicted octanol–water partition coefficient (Wildman–Crippen LogP) is 5.34. The van der Waals surface area contributed by atoms with E-state index in [0.717, 1.165) is 5.56 Å². The Morgan fingerprint density at radius 2 is 1.61 bits per heavy atom. The summed E-state index contributed by atoms with van der Waals surface area (Å²) in [6.07, 6.45) is 3.05. The first-order valence-electron chi connectivity index (χ1n) is 12.3. The van der Waals surface area contributed by atoms with Gasteiger partial charge in [-0.1, -0.05) is 73.7 Å². The Balaban J connectivity index is 1.46. The Bertz CT molecular complexity index is 1090. The van der Waals surface area contributed by atoms with Crippen molar-refractivity contribution in [1.29, 1.82) is 0 Å². The van der Waals surface area contributed by atoms with E-state index in [1.54, 1.807) is 24.4 Å². The van der Waals surface area contributed by atoms with Crippen LogP contribution in [0.2, 0.25) is 0 Å². The number of hydrogen-bond acceptors (Lipinski definition) is 5. The number of amides is 3. The van der Waals surface area contributed by atoms with E-state index in [-0.39, 0.29) is 36.5 Å². The minimum Gasteiger partial charge on any atom is -0.445 e. The second kappa shape index (κ2) is 14.4. The maximum absolute atomic E-state index is 13.1. The Hall–Kier alpha value is -4.00.